The van der Waals surface area contributed by atoms with Crippen LogP contribution < -0.4 is 10.1 Å². The van der Waals surface area contributed by atoms with Gasteiger partial charge in [0.15, 0.2) is 5.69 Å². The monoisotopic (exact) mass is 406 g/mol. The molecule has 0 fully saturated rings. The molecule has 27 heavy (non-hydrogen) atoms. The number of methoxy groups -OCH3 is 1. The van der Waals surface area contributed by atoms with Crippen molar-refractivity contribution < 1.29 is 27.6 Å². The minimum Gasteiger partial charge on any atom is -0.496 e. The molecule has 1 amide bonds. The number of anilines is 1. The first kappa shape index (κ1) is 20.5. The van der Waals surface area contributed by atoms with Crippen molar-refractivity contribution in [3.05, 3.63) is 44.7 Å². The maximum atomic E-state index is 12.9. The Hall–Kier alpha value is -2.82. The number of nitrogens with one attached hydrogen (secondary N) is 1. The van der Waals surface area contributed by atoms with Gasteiger partial charge < -0.3 is 10.1 Å². The van der Waals surface area contributed by atoms with E-state index in [4.69, 9.17) is 16.3 Å². The molecule has 146 valence electrons. The van der Waals surface area contributed by atoms with Crippen molar-refractivity contribution in [1.82, 2.24) is 9.78 Å². The van der Waals surface area contributed by atoms with Gasteiger partial charge in [0.25, 0.3) is 5.69 Å². The molecule has 1 atom stereocenters. The van der Waals surface area contributed by atoms with Crippen LogP contribution in [0, 0.1) is 17.0 Å². The Morgan fingerprint density at radius 2 is 2.04 bits per heavy atom. The third-order valence-corrected chi connectivity index (χ3v) is 4.15. The van der Waals surface area contributed by atoms with E-state index in [0.29, 0.717) is 0 Å². The van der Waals surface area contributed by atoms with Gasteiger partial charge in [-0.25, -0.2) is 0 Å². The number of nitrogens with zero attached hydrogens (tertiary/aromatic N) is 3. The van der Waals surface area contributed by atoms with Crippen LogP contribution in [0.25, 0.3) is 0 Å². The summed E-state index contributed by atoms with van der Waals surface area (Å²) in [6.45, 7) is 2.62. The lowest BCUT2D eigenvalue weighted by atomic mass is 10.2. The van der Waals surface area contributed by atoms with E-state index < -0.39 is 33.8 Å². The largest absolute Gasteiger partial charge is 0.496 e. The van der Waals surface area contributed by atoms with Crippen molar-refractivity contribution in [3.8, 4) is 5.75 Å². The van der Waals surface area contributed by atoms with Crippen LogP contribution in [0.1, 0.15) is 24.4 Å². The first-order valence-electron chi connectivity index (χ1n) is 7.41. The Bertz CT molecular complexity index is 898. The lowest BCUT2D eigenvalue weighted by Gasteiger charge is -2.15. The molecular weight excluding hydrogens is 393 g/mol. The molecule has 0 aliphatic carbocycles. The van der Waals surface area contributed by atoms with E-state index in [9.17, 15) is 28.1 Å². The number of hydrogen-bond acceptors (Lipinski definition) is 5. The highest BCUT2D eigenvalue weighted by Gasteiger charge is 2.39. The molecule has 1 unspecified atom stereocenters. The molecule has 12 heteroatoms. The van der Waals surface area contributed by atoms with E-state index in [0.717, 1.165) is 16.8 Å². The van der Waals surface area contributed by atoms with E-state index in [1.165, 1.54) is 27.0 Å². The molecule has 8 nitrogen and oxygen atoms in total. The van der Waals surface area contributed by atoms with Crippen LogP contribution in [-0.2, 0) is 11.0 Å². The van der Waals surface area contributed by atoms with Crippen molar-refractivity contribution >= 4 is 28.9 Å². The first-order valence-corrected chi connectivity index (χ1v) is 7.79. The summed E-state index contributed by atoms with van der Waals surface area (Å²) in [6.07, 6.45) is -4.77. The molecule has 0 aliphatic rings. The van der Waals surface area contributed by atoms with Gasteiger partial charge in [0, 0.05) is 12.1 Å². The van der Waals surface area contributed by atoms with Gasteiger partial charge in [-0.1, -0.05) is 11.6 Å². The summed E-state index contributed by atoms with van der Waals surface area (Å²) in [5, 5.41) is 16.1. The van der Waals surface area contributed by atoms with E-state index >= 15 is 0 Å². The summed E-state index contributed by atoms with van der Waals surface area (Å²) in [6, 6.07) is 2.43. The Balaban J connectivity index is 2.32. The van der Waals surface area contributed by atoms with E-state index in [-0.39, 0.29) is 22.8 Å². The number of hydrogen-bond donors (Lipinski definition) is 1. The number of aromatic nitrogens is 2. The van der Waals surface area contributed by atoms with Gasteiger partial charge >= 0.3 is 6.18 Å². The second-order valence-electron chi connectivity index (χ2n) is 5.53. The predicted molar refractivity (Wildman–Crippen MR) is 90.0 cm³/mol. The molecule has 2 rings (SSSR count). The maximum Gasteiger partial charge on any atom is 0.436 e. The lowest BCUT2D eigenvalue weighted by molar-refractivity contribution is -0.384. The molecule has 0 saturated carbocycles. The van der Waals surface area contributed by atoms with Gasteiger partial charge in [-0.05, 0) is 13.8 Å². The Morgan fingerprint density at radius 1 is 1.41 bits per heavy atom. The van der Waals surface area contributed by atoms with Crippen molar-refractivity contribution in [2.24, 2.45) is 0 Å². The zero-order valence-electron chi connectivity index (χ0n) is 14.3. The number of benzene rings is 1. The number of ether oxygens (including phenoxy) is 1. The van der Waals surface area contributed by atoms with Gasteiger partial charge in [0.2, 0.25) is 5.91 Å². The summed E-state index contributed by atoms with van der Waals surface area (Å²) in [5.74, 6) is -0.613. The van der Waals surface area contributed by atoms with Crippen LogP contribution >= 0.6 is 11.6 Å². The van der Waals surface area contributed by atoms with Gasteiger partial charge in [-0.2, -0.15) is 18.3 Å². The topological polar surface area (TPSA) is 99.3 Å². The zero-order valence-corrected chi connectivity index (χ0v) is 15.1. The Kier molecular flexibility index (Phi) is 5.64. The highest BCUT2D eigenvalue weighted by molar-refractivity contribution is 6.32. The minimum absolute atomic E-state index is 0.0386. The van der Waals surface area contributed by atoms with Crippen LogP contribution in [0.3, 0.4) is 0 Å². The molecule has 1 aromatic heterocycles. The Morgan fingerprint density at radius 3 is 2.52 bits per heavy atom. The van der Waals surface area contributed by atoms with E-state index in [1.54, 1.807) is 0 Å². The third-order valence-electron chi connectivity index (χ3n) is 3.70. The quantitative estimate of drug-likeness (QED) is 0.598. The van der Waals surface area contributed by atoms with Crippen molar-refractivity contribution in [1.29, 1.82) is 0 Å². The minimum atomic E-state index is -4.77. The molecular formula is C15H14ClF3N4O4. The van der Waals surface area contributed by atoms with Crippen LogP contribution in [0.5, 0.6) is 5.75 Å². The summed E-state index contributed by atoms with van der Waals surface area (Å²) < 4.78 is 44.5. The van der Waals surface area contributed by atoms with Crippen molar-refractivity contribution in [3.63, 3.8) is 0 Å². The zero-order chi connectivity index (χ0) is 20.5. The van der Waals surface area contributed by atoms with Crippen LogP contribution in [0.2, 0.25) is 5.02 Å². The molecule has 1 aromatic carbocycles. The number of amides is 1. The SMILES string of the molecule is COc1cc(NC(=O)C(C)n2nc(C(F)(F)F)c(Cl)c2C)cc([N+](=O)[O-])c1. The number of halogens is 4. The summed E-state index contributed by atoms with van der Waals surface area (Å²) in [7, 11) is 1.29. The average Bonchev–Trinajstić information content (AvgIpc) is 2.89. The Labute approximate surface area is 156 Å². The average molecular weight is 407 g/mol. The number of alkyl halides is 3. The van der Waals surface area contributed by atoms with Crippen LogP contribution in [0.15, 0.2) is 18.2 Å². The molecule has 0 spiro atoms. The highest BCUT2D eigenvalue weighted by atomic mass is 35.5. The number of nitro benzene ring substituents is 1. The van der Waals surface area contributed by atoms with Crippen LogP contribution in [0.4, 0.5) is 24.5 Å². The number of carbonyl (C=O) groups excluding carboxylic acids is 1. The second-order valence-corrected chi connectivity index (χ2v) is 5.91. The molecule has 2 aromatic rings. The lowest BCUT2D eigenvalue weighted by Crippen LogP contribution is -2.25. The molecule has 0 saturated heterocycles. The van der Waals surface area contributed by atoms with Crippen molar-refractivity contribution in [2.75, 3.05) is 12.4 Å². The number of nitro groups is 1. The smallest absolute Gasteiger partial charge is 0.436 e. The summed E-state index contributed by atoms with van der Waals surface area (Å²) >= 11 is 5.68. The normalized spacial score (nSPS) is 12.6. The van der Waals surface area contributed by atoms with E-state index in [1.807, 2.05) is 0 Å². The third kappa shape index (κ3) is 4.30. The molecule has 0 bridgehead atoms. The van der Waals surface area contributed by atoms with Gasteiger partial charge in [0.1, 0.15) is 11.8 Å². The fourth-order valence-electron chi connectivity index (χ4n) is 2.29. The first-order chi connectivity index (χ1) is 12.5. The highest BCUT2D eigenvalue weighted by Crippen LogP contribution is 2.36. The summed E-state index contributed by atoms with van der Waals surface area (Å²) in [4.78, 5) is 22.7. The fourth-order valence-corrected chi connectivity index (χ4v) is 2.52. The van der Waals surface area contributed by atoms with Gasteiger partial charge in [-0.3, -0.25) is 19.6 Å². The molecule has 1 heterocycles. The van der Waals surface area contributed by atoms with Gasteiger partial charge in [0.05, 0.1) is 34.5 Å². The summed E-state index contributed by atoms with van der Waals surface area (Å²) in [5.41, 5.74) is -1.61. The standard InChI is InChI=1S/C15H14ClF3N4O4/c1-7-12(16)13(15(17,18)19)21-22(7)8(2)14(24)20-9-4-10(23(25)26)6-11(5-9)27-3/h4-6,8H,1-3H3,(H,20,24). The predicted octanol–water partition coefficient (Wildman–Crippen LogP) is 3.98. The van der Waals surface area contributed by atoms with Crippen LogP contribution in [-0.4, -0.2) is 27.7 Å². The maximum absolute atomic E-state index is 12.9. The number of non-ortho nitro benzene ring substituents is 1. The van der Waals surface area contributed by atoms with Gasteiger partial charge in [-0.15, -0.1) is 0 Å². The second kappa shape index (κ2) is 7.43. The number of carbonyl (C=O) groups is 1. The fraction of sp³-hybridized carbons (Fsp3) is 0.333. The molecule has 0 aliphatic heterocycles. The number of rotatable bonds is 5. The molecule has 0 radical (unpaired) electrons. The molecule has 1 N–H and O–H groups in total. The van der Waals surface area contributed by atoms with Crippen molar-refractivity contribution in [2.45, 2.75) is 26.1 Å². The van der Waals surface area contributed by atoms with E-state index in [2.05, 4.69) is 10.4 Å².